The molecule has 0 bridgehead atoms. The van der Waals surface area contributed by atoms with E-state index in [0.29, 0.717) is 6.04 Å². The van der Waals surface area contributed by atoms with E-state index in [1.807, 2.05) is 10.9 Å². The van der Waals surface area contributed by atoms with Crippen molar-refractivity contribution in [1.82, 2.24) is 24.6 Å². The number of rotatable bonds is 5. The monoisotopic (exact) mass is 341 g/mol. The summed E-state index contributed by atoms with van der Waals surface area (Å²) in [4.78, 5) is 10.6. The van der Waals surface area contributed by atoms with Crippen LogP contribution in [0.4, 0.5) is 4.39 Å². The molecule has 0 aliphatic carbocycles. The molecular formula is C19H24FN5. The third-order valence-electron chi connectivity index (χ3n) is 4.99. The zero-order chi connectivity index (χ0) is 17.2. The summed E-state index contributed by atoms with van der Waals surface area (Å²) in [7, 11) is 0. The van der Waals surface area contributed by atoms with Crippen LogP contribution in [0.5, 0.6) is 0 Å². The van der Waals surface area contributed by atoms with Crippen LogP contribution in [0.3, 0.4) is 0 Å². The second-order valence-electron chi connectivity index (χ2n) is 6.97. The molecule has 1 aromatic carbocycles. The number of nitrogens with zero attached hydrogens (tertiary/aromatic N) is 4. The number of halogens is 1. The normalized spacial score (nSPS) is 18.9. The summed E-state index contributed by atoms with van der Waals surface area (Å²) in [6.07, 6.45) is 8.59. The zero-order valence-electron chi connectivity index (χ0n) is 14.6. The first-order valence-electron chi connectivity index (χ1n) is 9.07. The van der Waals surface area contributed by atoms with Crippen molar-refractivity contribution < 1.29 is 4.39 Å². The number of imidazole rings is 1. The summed E-state index contributed by atoms with van der Waals surface area (Å²) in [6, 6.07) is 5.04. The van der Waals surface area contributed by atoms with Crippen molar-refractivity contribution in [2.45, 2.75) is 45.2 Å². The lowest BCUT2D eigenvalue weighted by atomic mass is 10.0. The zero-order valence-corrected chi connectivity index (χ0v) is 14.6. The minimum absolute atomic E-state index is 0.224. The molecule has 3 heterocycles. The Labute approximate surface area is 146 Å². The van der Waals surface area contributed by atoms with Crippen LogP contribution in [0.15, 0.2) is 30.6 Å². The van der Waals surface area contributed by atoms with Gasteiger partial charge in [-0.1, -0.05) is 6.42 Å². The largest absolute Gasteiger partial charge is 0.341 e. The third kappa shape index (κ3) is 3.58. The summed E-state index contributed by atoms with van der Waals surface area (Å²) >= 11 is 0. The molecule has 2 aromatic heterocycles. The molecular weight excluding hydrogens is 317 g/mol. The van der Waals surface area contributed by atoms with E-state index in [1.165, 1.54) is 30.5 Å². The van der Waals surface area contributed by atoms with Gasteiger partial charge in [-0.25, -0.2) is 9.37 Å². The van der Waals surface area contributed by atoms with Crippen molar-refractivity contribution in [2.75, 3.05) is 13.1 Å². The maximum Gasteiger partial charge on any atom is 0.125 e. The number of aryl methyl sites for hydroxylation is 2. The molecule has 25 heavy (non-hydrogen) atoms. The number of likely N-dealkylation sites (tertiary alicyclic amines) is 1. The number of H-pyrrole nitrogens is 1. The third-order valence-corrected chi connectivity index (χ3v) is 4.99. The molecule has 1 aliphatic rings. The van der Waals surface area contributed by atoms with Gasteiger partial charge in [0.1, 0.15) is 11.6 Å². The minimum atomic E-state index is -0.224. The van der Waals surface area contributed by atoms with E-state index >= 15 is 0 Å². The fraction of sp³-hybridized carbons (Fsp3) is 0.474. The van der Waals surface area contributed by atoms with Crippen molar-refractivity contribution >= 4 is 11.0 Å². The van der Waals surface area contributed by atoms with Gasteiger partial charge in [0, 0.05) is 19.3 Å². The Morgan fingerprint density at radius 2 is 2.20 bits per heavy atom. The molecule has 0 radical (unpaired) electrons. The van der Waals surface area contributed by atoms with Crippen LogP contribution >= 0.6 is 0 Å². The highest BCUT2D eigenvalue weighted by molar-refractivity contribution is 5.75. The Hall–Kier alpha value is -2.21. The average molecular weight is 341 g/mol. The van der Waals surface area contributed by atoms with E-state index in [0.717, 1.165) is 49.3 Å². The van der Waals surface area contributed by atoms with E-state index in [2.05, 4.69) is 28.1 Å². The van der Waals surface area contributed by atoms with Gasteiger partial charge in [0.2, 0.25) is 0 Å². The quantitative estimate of drug-likeness (QED) is 0.767. The molecule has 0 amide bonds. The first-order chi connectivity index (χ1) is 12.2. The number of fused-ring (bicyclic) bond motifs is 1. The summed E-state index contributed by atoms with van der Waals surface area (Å²) in [6.45, 7) is 5.11. The highest BCUT2D eigenvalue weighted by Crippen LogP contribution is 2.30. The van der Waals surface area contributed by atoms with Crippen molar-refractivity contribution in [3.8, 4) is 0 Å². The lowest BCUT2D eigenvalue weighted by molar-refractivity contribution is 0.139. The SMILES string of the molecule is Cc1cnn(CCCN2CCCCC2c2nc3ccc(F)cc3[nH]2)c1. The standard InChI is InChI=1S/C19H24FN5/c1-14-12-21-25(13-14)10-4-9-24-8-3-2-5-18(24)19-22-16-7-6-15(20)11-17(16)23-19/h6-7,11-13,18H,2-5,8-10H2,1H3,(H,22,23). The number of benzene rings is 1. The lowest BCUT2D eigenvalue weighted by Gasteiger charge is -2.34. The van der Waals surface area contributed by atoms with Gasteiger partial charge in [-0.05, 0) is 56.5 Å². The van der Waals surface area contributed by atoms with Gasteiger partial charge >= 0.3 is 0 Å². The van der Waals surface area contributed by atoms with Gasteiger partial charge < -0.3 is 4.98 Å². The fourth-order valence-electron chi connectivity index (χ4n) is 3.75. The molecule has 5 nitrogen and oxygen atoms in total. The molecule has 132 valence electrons. The molecule has 0 saturated carbocycles. The Morgan fingerprint density at radius 1 is 1.28 bits per heavy atom. The molecule has 0 spiro atoms. The van der Waals surface area contributed by atoms with E-state index in [4.69, 9.17) is 4.98 Å². The molecule has 1 N–H and O–H groups in total. The van der Waals surface area contributed by atoms with Crippen molar-refractivity contribution in [3.05, 3.63) is 47.8 Å². The number of nitrogens with one attached hydrogen (secondary N) is 1. The molecule has 4 rings (SSSR count). The van der Waals surface area contributed by atoms with Gasteiger partial charge in [0.05, 0.1) is 23.3 Å². The summed E-state index contributed by atoms with van der Waals surface area (Å²) in [5, 5.41) is 4.36. The number of hydrogen-bond acceptors (Lipinski definition) is 3. The summed E-state index contributed by atoms with van der Waals surface area (Å²) in [5.41, 5.74) is 2.83. The van der Waals surface area contributed by atoms with Gasteiger partial charge in [-0.3, -0.25) is 9.58 Å². The fourth-order valence-corrected chi connectivity index (χ4v) is 3.75. The van der Waals surface area contributed by atoms with Crippen LogP contribution in [0.25, 0.3) is 11.0 Å². The predicted octanol–water partition coefficient (Wildman–Crippen LogP) is 3.82. The van der Waals surface area contributed by atoms with Gasteiger partial charge in [0.25, 0.3) is 0 Å². The number of hydrogen-bond donors (Lipinski definition) is 1. The van der Waals surface area contributed by atoms with Crippen LogP contribution < -0.4 is 0 Å². The lowest BCUT2D eigenvalue weighted by Crippen LogP contribution is -2.35. The van der Waals surface area contributed by atoms with Gasteiger partial charge in [-0.2, -0.15) is 5.10 Å². The van der Waals surface area contributed by atoms with Crippen molar-refractivity contribution in [1.29, 1.82) is 0 Å². The minimum Gasteiger partial charge on any atom is -0.341 e. The van der Waals surface area contributed by atoms with E-state index < -0.39 is 0 Å². The van der Waals surface area contributed by atoms with E-state index in [-0.39, 0.29) is 5.82 Å². The maximum atomic E-state index is 13.4. The first-order valence-corrected chi connectivity index (χ1v) is 9.07. The van der Waals surface area contributed by atoms with Crippen LogP contribution in [-0.2, 0) is 6.54 Å². The van der Waals surface area contributed by atoms with E-state index in [1.54, 1.807) is 6.07 Å². The van der Waals surface area contributed by atoms with Crippen LogP contribution in [-0.4, -0.2) is 37.7 Å². The molecule has 1 atom stereocenters. The van der Waals surface area contributed by atoms with Crippen LogP contribution in [0.1, 0.15) is 43.1 Å². The molecule has 1 saturated heterocycles. The highest BCUT2D eigenvalue weighted by atomic mass is 19.1. The van der Waals surface area contributed by atoms with Crippen molar-refractivity contribution in [3.63, 3.8) is 0 Å². The topological polar surface area (TPSA) is 49.7 Å². The summed E-state index contributed by atoms with van der Waals surface area (Å²) in [5.74, 6) is 0.743. The Morgan fingerprint density at radius 3 is 3.04 bits per heavy atom. The predicted molar refractivity (Wildman–Crippen MR) is 95.8 cm³/mol. The second-order valence-corrected chi connectivity index (χ2v) is 6.97. The Balaban J connectivity index is 1.46. The van der Waals surface area contributed by atoms with Crippen LogP contribution in [0, 0.1) is 12.7 Å². The number of aromatic amines is 1. The Bertz CT molecular complexity index is 852. The molecule has 1 unspecified atom stereocenters. The van der Waals surface area contributed by atoms with Crippen LogP contribution in [0.2, 0.25) is 0 Å². The molecule has 3 aromatic rings. The molecule has 6 heteroatoms. The Kier molecular flexibility index (Phi) is 4.53. The summed E-state index contributed by atoms with van der Waals surface area (Å²) < 4.78 is 15.4. The number of piperidine rings is 1. The molecule has 1 aliphatic heterocycles. The second kappa shape index (κ2) is 6.96. The van der Waals surface area contributed by atoms with Crippen molar-refractivity contribution in [2.24, 2.45) is 0 Å². The highest BCUT2D eigenvalue weighted by Gasteiger charge is 2.26. The first kappa shape index (κ1) is 16.3. The number of aromatic nitrogens is 4. The van der Waals surface area contributed by atoms with E-state index in [9.17, 15) is 4.39 Å². The molecule has 1 fully saturated rings. The smallest absolute Gasteiger partial charge is 0.125 e. The van der Waals surface area contributed by atoms with Gasteiger partial charge in [0.15, 0.2) is 0 Å². The maximum absolute atomic E-state index is 13.4. The average Bonchev–Trinajstić information content (AvgIpc) is 3.21. The van der Waals surface area contributed by atoms with Gasteiger partial charge in [-0.15, -0.1) is 0 Å².